The lowest BCUT2D eigenvalue weighted by atomic mass is 10.2. The van der Waals surface area contributed by atoms with Crippen molar-refractivity contribution in [1.29, 1.82) is 0 Å². The van der Waals surface area contributed by atoms with Crippen LogP contribution in [0.5, 0.6) is 0 Å². The fourth-order valence-electron chi connectivity index (χ4n) is 0.900. The Kier molecular flexibility index (Phi) is 6.64. The number of hydrogen-bond acceptors (Lipinski definition) is 2. The Morgan fingerprint density at radius 2 is 2.00 bits per heavy atom. The average Bonchev–Trinajstić information content (AvgIpc) is 2.15. The maximum absolute atomic E-state index is 12.4. The number of carbonyl (C=O) groups is 1. The van der Waals surface area contributed by atoms with Gasteiger partial charge in [-0.3, -0.25) is 0 Å². The van der Waals surface area contributed by atoms with Crippen molar-refractivity contribution in [3.8, 4) is 0 Å². The molecule has 0 aliphatic carbocycles. The first kappa shape index (κ1) is 15.4. The molecule has 1 amide bonds. The molecule has 3 nitrogen and oxygen atoms in total. The number of halogens is 2. The third kappa shape index (κ3) is 6.82. The first-order valence-corrected chi connectivity index (χ1v) is 6.18. The van der Waals surface area contributed by atoms with Gasteiger partial charge in [-0.15, -0.1) is 0 Å². The molecule has 94 valence electrons. The van der Waals surface area contributed by atoms with Crippen LogP contribution in [0.1, 0.15) is 27.7 Å². The van der Waals surface area contributed by atoms with Gasteiger partial charge in [-0.2, -0.15) is 0 Å². The second-order valence-corrected chi connectivity index (χ2v) is 5.07. The number of hydrogen-bond donors (Lipinski definition) is 1. The lowest BCUT2D eigenvalue weighted by Crippen LogP contribution is -2.34. The summed E-state index contributed by atoms with van der Waals surface area (Å²) < 4.78 is 17.5. The molecule has 0 rings (SSSR count). The molecular weight excluding hydrogens is 277 g/mol. The van der Waals surface area contributed by atoms with Crippen LogP contribution >= 0.6 is 15.9 Å². The maximum Gasteiger partial charge on any atom is 0.407 e. The number of alkyl halides is 2. The SMILES string of the molecule is C/C(CF)=C(/CBr)CNC(=O)OC(C)(C)C. The molecule has 0 saturated carbocycles. The summed E-state index contributed by atoms with van der Waals surface area (Å²) in [5.41, 5.74) is 0.943. The maximum atomic E-state index is 12.4. The van der Waals surface area contributed by atoms with Gasteiger partial charge in [0.15, 0.2) is 0 Å². The smallest absolute Gasteiger partial charge is 0.407 e. The van der Waals surface area contributed by atoms with Crippen molar-refractivity contribution < 1.29 is 13.9 Å². The van der Waals surface area contributed by atoms with E-state index in [1.807, 2.05) is 0 Å². The first-order chi connectivity index (χ1) is 7.30. The van der Waals surface area contributed by atoms with E-state index in [1.54, 1.807) is 27.7 Å². The van der Waals surface area contributed by atoms with E-state index in [2.05, 4.69) is 21.2 Å². The minimum Gasteiger partial charge on any atom is -0.444 e. The van der Waals surface area contributed by atoms with E-state index in [0.29, 0.717) is 17.4 Å². The summed E-state index contributed by atoms with van der Waals surface area (Å²) in [7, 11) is 0. The fourth-order valence-corrected chi connectivity index (χ4v) is 1.58. The molecule has 1 N–H and O–H groups in total. The van der Waals surface area contributed by atoms with Gasteiger partial charge >= 0.3 is 6.09 Å². The van der Waals surface area contributed by atoms with Gasteiger partial charge in [0.1, 0.15) is 12.3 Å². The molecule has 0 aliphatic heterocycles. The van der Waals surface area contributed by atoms with Crippen molar-refractivity contribution >= 4 is 22.0 Å². The third-order valence-electron chi connectivity index (χ3n) is 1.81. The Morgan fingerprint density at radius 3 is 2.38 bits per heavy atom. The zero-order valence-electron chi connectivity index (χ0n) is 10.2. The number of allylic oxidation sites excluding steroid dienone is 1. The van der Waals surface area contributed by atoms with Gasteiger partial charge in [-0.1, -0.05) is 15.9 Å². The largest absolute Gasteiger partial charge is 0.444 e. The molecule has 0 aromatic rings. The summed E-state index contributed by atoms with van der Waals surface area (Å²) in [6.07, 6.45) is -0.488. The molecule has 16 heavy (non-hydrogen) atoms. The Labute approximate surface area is 105 Å². The molecule has 0 saturated heterocycles. The Balaban J connectivity index is 4.19. The van der Waals surface area contributed by atoms with Crippen LogP contribution in [0.25, 0.3) is 0 Å². The Bertz CT molecular complexity index is 272. The van der Waals surface area contributed by atoms with E-state index < -0.39 is 18.4 Å². The molecule has 0 spiro atoms. The van der Waals surface area contributed by atoms with E-state index in [1.165, 1.54) is 0 Å². The highest BCUT2D eigenvalue weighted by Crippen LogP contribution is 2.09. The number of alkyl carbamates (subject to hydrolysis) is 1. The zero-order valence-corrected chi connectivity index (χ0v) is 11.8. The third-order valence-corrected chi connectivity index (χ3v) is 2.49. The summed E-state index contributed by atoms with van der Waals surface area (Å²) in [6.45, 7) is 6.88. The lowest BCUT2D eigenvalue weighted by molar-refractivity contribution is 0.0532. The molecule has 0 atom stereocenters. The molecule has 5 heteroatoms. The van der Waals surface area contributed by atoms with Gasteiger partial charge in [-0.25, -0.2) is 9.18 Å². The van der Waals surface area contributed by atoms with Crippen LogP contribution in [-0.4, -0.2) is 30.2 Å². The second-order valence-electron chi connectivity index (χ2n) is 4.51. The number of amides is 1. The van der Waals surface area contributed by atoms with Gasteiger partial charge in [-0.05, 0) is 38.8 Å². The number of ether oxygens (including phenoxy) is 1. The van der Waals surface area contributed by atoms with Crippen LogP contribution in [0.2, 0.25) is 0 Å². The number of carbonyl (C=O) groups excluding carboxylic acids is 1. The quantitative estimate of drug-likeness (QED) is 0.639. The van der Waals surface area contributed by atoms with Crippen LogP contribution in [0.15, 0.2) is 11.1 Å². The van der Waals surface area contributed by atoms with Crippen molar-refractivity contribution in [2.24, 2.45) is 0 Å². The van der Waals surface area contributed by atoms with Crippen molar-refractivity contribution in [3.63, 3.8) is 0 Å². The molecule has 0 aromatic carbocycles. The summed E-state index contributed by atoms with van der Waals surface area (Å²) in [5.74, 6) is 0. The van der Waals surface area contributed by atoms with E-state index in [9.17, 15) is 9.18 Å². The van der Waals surface area contributed by atoms with Crippen molar-refractivity contribution in [3.05, 3.63) is 11.1 Å². The number of nitrogens with one attached hydrogen (secondary N) is 1. The molecule has 0 bridgehead atoms. The van der Waals surface area contributed by atoms with Gasteiger partial charge < -0.3 is 10.1 Å². The lowest BCUT2D eigenvalue weighted by Gasteiger charge is -2.20. The van der Waals surface area contributed by atoms with Gasteiger partial charge in [0.05, 0.1) is 0 Å². The summed E-state index contributed by atoms with van der Waals surface area (Å²) in [5, 5.41) is 3.13. The topological polar surface area (TPSA) is 38.3 Å². The van der Waals surface area contributed by atoms with E-state index >= 15 is 0 Å². The summed E-state index contributed by atoms with van der Waals surface area (Å²) in [4.78, 5) is 11.3. The predicted molar refractivity (Wildman–Crippen MR) is 66.7 cm³/mol. The van der Waals surface area contributed by atoms with E-state index in [4.69, 9.17) is 4.74 Å². The van der Waals surface area contributed by atoms with Crippen molar-refractivity contribution in [2.75, 3.05) is 18.5 Å². The highest BCUT2D eigenvalue weighted by molar-refractivity contribution is 9.09. The molecule has 0 fully saturated rings. The normalized spacial score (nSPS) is 13.1. The Hall–Kier alpha value is -0.580. The van der Waals surface area contributed by atoms with Gasteiger partial charge in [0.25, 0.3) is 0 Å². The zero-order chi connectivity index (χ0) is 12.8. The van der Waals surface area contributed by atoms with Crippen LogP contribution < -0.4 is 5.32 Å². The van der Waals surface area contributed by atoms with E-state index in [0.717, 1.165) is 5.57 Å². The van der Waals surface area contributed by atoms with Crippen molar-refractivity contribution in [2.45, 2.75) is 33.3 Å². The second kappa shape index (κ2) is 6.89. The molecule has 0 aliphatic rings. The van der Waals surface area contributed by atoms with Crippen LogP contribution in [0.4, 0.5) is 9.18 Å². The molecule has 0 unspecified atom stereocenters. The fraction of sp³-hybridized carbons (Fsp3) is 0.727. The van der Waals surface area contributed by atoms with Gasteiger partial charge in [0.2, 0.25) is 0 Å². The van der Waals surface area contributed by atoms with Crippen LogP contribution in [0.3, 0.4) is 0 Å². The molecule has 0 aromatic heterocycles. The standard InChI is InChI=1S/C11H19BrFNO2/c1-8(6-13)9(5-12)7-14-10(15)16-11(2,3)4/h5-7H2,1-4H3,(H,14,15)/b9-8+. The highest BCUT2D eigenvalue weighted by Gasteiger charge is 2.16. The first-order valence-electron chi connectivity index (χ1n) is 5.06. The highest BCUT2D eigenvalue weighted by atomic mass is 79.9. The van der Waals surface area contributed by atoms with E-state index in [-0.39, 0.29) is 0 Å². The average molecular weight is 296 g/mol. The predicted octanol–water partition coefficient (Wildman–Crippen LogP) is 3.19. The van der Waals surface area contributed by atoms with Gasteiger partial charge in [0, 0.05) is 11.9 Å². The summed E-state index contributed by atoms with van der Waals surface area (Å²) in [6, 6.07) is 0. The minimum atomic E-state index is -0.516. The van der Waals surface area contributed by atoms with Crippen molar-refractivity contribution in [1.82, 2.24) is 5.32 Å². The Morgan fingerprint density at radius 1 is 1.44 bits per heavy atom. The molecule has 0 heterocycles. The molecule has 0 radical (unpaired) electrons. The minimum absolute atomic E-state index is 0.302. The summed E-state index contributed by atoms with van der Waals surface area (Å²) >= 11 is 3.25. The van der Waals surface area contributed by atoms with Crippen LogP contribution in [0, 0.1) is 0 Å². The monoisotopic (exact) mass is 295 g/mol. The molecular formula is C11H19BrFNO2. The number of rotatable bonds is 4. The van der Waals surface area contributed by atoms with Crippen LogP contribution in [-0.2, 0) is 4.74 Å².